The number of carbonyl (C=O) groups is 3. The summed E-state index contributed by atoms with van der Waals surface area (Å²) in [4.78, 5) is 35.6. The first-order valence-corrected chi connectivity index (χ1v) is 6.74. The number of rotatable bonds is 4. The predicted octanol–water partition coefficient (Wildman–Crippen LogP) is 1.93. The molecule has 2 rings (SSSR count). The number of carbonyl (C=O) groups excluding carboxylic acids is 3. The third-order valence-electron chi connectivity index (χ3n) is 2.85. The van der Waals surface area contributed by atoms with Gasteiger partial charge in [-0.05, 0) is 24.3 Å². The molecular formula is C13H13BrN2O3. The van der Waals surface area contributed by atoms with E-state index in [2.05, 4.69) is 21.2 Å². The first-order valence-electron chi connectivity index (χ1n) is 5.95. The van der Waals surface area contributed by atoms with Crippen LogP contribution in [0, 0.1) is 0 Å². The second kappa shape index (κ2) is 5.97. The molecule has 1 saturated heterocycles. The Morgan fingerprint density at radius 3 is 2.32 bits per heavy atom. The van der Waals surface area contributed by atoms with Gasteiger partial charge >= 0.3 is 0 Å². The molecule has 0 bridgehead atoms. The first-order chi connectivity index (χ1) is 9.06. The van der Waals surface area contributed by atoms with Crippen LogP contribution in [0.1, 0.15) is 19.3 Å². The lowest BCUT2D eigenvalue weighted by Gasteiger charge is -2.13. The second-order valence-electron chi connectivity index (χ2n) is 4.24. The van der Waals surface area contributed by atoms with Crippen LogP contribution in [0.3, 0.4) is 0 Å². The summed E-state index contributed by atoms with van der Waals surface area (Å²) in [6, 6.07) is 7.19. The highest BCUT2D eigenvalue weighted by Gasteiger charge is 2.28. The summed E-state index contributed by atoms with van der Waals surface area (Å²) in [6.45, 7) is 0.153. The van der Waals surface area contributed by atoms with Gasteiger partial charge in [-0.15, -0.1) is 0 Å². The van der Waals surface area contributed by atoms with E-state index in [1.165, 1.54) is 0 Å². The van der Waals surface area contributed by atoms with E-state index in [0.717, 1.165) is 9.37 Å². The molecule has 0 unspecified atom stereocenters. The molecule has 1 aliphatic heterocycles. The van der Waals surface area contributed by atoms with Crippen molar-refractivity contribution in [2.24, 2.45) is 0 Å². The number of anilines is 1. The standard InChI is InChI=1S/C13H13BrN2O3/c14-9-1-3-10(4-2-9)15-11(17)7-8-16-12(18)5-6-13(16)19/h1-4H,5-8H2,(H,15,17). The fourth-order valence-electron chi connectivity index (χ4n) is 1.84. The summed E-state index contributed by atoms with van der Waals surface area (Å²) in [5.74, 6) is -0.599. The average molecular weight is 325 g/mol. The largest absolute Gasteiger partial charge is 0.326 e. The number of benzene rings is 1. The Labute approximate surface area is 119 Å². The van der Waals surface area contributed by atoms with Crippen LogP contribution in [0.2, 0.25) is 0 Å². The quantitative estimate of drug-likeness (QED) is 0.860. The lowest BCUT2D eigenvalue weighted by atomic mass is 10.3. The van der Waals surface area contributed by atoms with Crippen LogP contribution in [0.25, 0.3) is 0 Å². The Hall–Kier alpha value is -1.69. The van der Waals surface area contributed by atoms with Crippen LogP contribution in [-0.4, -0.2) is 29.2 Å². The minimum Gasteiger partial charge on any atom is -0.326 e. The lowest BCUT2D eigenvalue weighted by molar-refractivity contribution is -0.138. The van der Waals surface area contributed by atoms with Gasteiger partial charge in [0, 0.05) is 36.0 Å². The van der Waals surface area contributed by atoms with E-state index in [9.17, 15) is 14.4 Å². The Balaban J connectivity index is 1.83. The molecule has 19 heavy (non-hydrogen) atoms. The van der Waals surface area contributed by atoms with Crippen molar-refractivity contribution >= 4 is 39.3 Å². The van der Waals surface area contributed by atoms with Crippen LogP contribution in [0.5, 0.6) is 0 Å². The molecule has 0 radical (unpaired) electrons. The van der Waals surface area contributed by atoms with Crippen molar-refractivity contribution in [3.8, 4) is 0 Å². The first kappa shape index (κ1) is 13.7. The summed E-state index contributed by atoms with van der Waals surface area (Å²) in [6.07, 6.45) is 0.633. The van der Waals surface area contributed by atoms with Gasteiger partial charge in [0.05, 0.1) is 0 Å². The molecule has 100 valence electrons. The number of imide groups is 1. The molecule has 1 heterocycles. The normalized spacial score (nSPS) is 14.9. The van der Waals surface area contributed by atoms with Crippen LogP contribution in [-0.2, 0) is 14.4 Å². The Kier molecular flexibility index (Phi) is 4.31. The van der Waals surface area contributed by atoms with Crippen molar-refractivity contribution in [2.45, 2.75) is 19.3 Å². The van der Waals surface area contributed by atoms with Gasteiger partial charge in [-0.25, -0.2) is 0 Å². The van der Waals surface area contributed by atoms with E-state index in [1.807, 2.05) is 12.1 Å². The predicted molar refractivity (Wildman–Crippen MR) is 73.3 cm³/mol. The summed E-state index contributed by atoms with van der Waals surface area (Å²) >= 11 is 3.31. The minimum absolute atomic E-state index is 0.119. The molecule has 6 heteroatoms. The summed E-state index contributed by atoms with van der Waals surface area (Å²) in [7, 11) is 0. The van der Waals surface area contributed by atoms with Gasteiger partial charge in [0.1, 0.15) is 0 Å². The smallest absolute Gasteiger partial charge is 0.229 e. The fraction of sp³-hybridized carbons (Fsp3) is 0.308. The molecule has 0 spiro atoms. The van der Waals surface area contributed by atoms with E-state index in [-0.39, 0.29) is 43.5 Å². The Morgan fingerprint density at radius 2 is 1.74 bits per heavy atom. The number of halogens is 1. The van der Waals surface area contributed by atoms with E-state index < -0.39 is 0 Å². The molecule has 1 aromatic carbocycles. The molecule has 5 nitrogen and oxygen atoms in total. The van der Waals surface area contributed by atoms with Gasteiger partial charge in [0.2, 0.25) is 17.7 Å². The van der Waals surface area contributed by atoms with Crippen LogP contribution in [0.4, 0.5) is 5.69 Å². The number of amides is 3. The van der Waals surface area contributed by atoms with Gasteiger partial charge in [-0.2, -0.15) is 0 Å². The Morgan fingerprint density at radius 1 is 1.16 bits per heavy atom. The van der Waals surface area contributed by atoms with Crippen LogP contribution >= 0.6 is 15.9 Å². The molecule has 0 aliphatic carbocycles. The highest BCUT2D eigenvalue weighted by Crippen LogP contribution is 2.15. The summed E-state index contributed by atoms with van der Waals surface area (Å²) in [5.41, 5.74) is 0.687. The zero-order valence-electron chi connectivity index (χ0n) is 10.2. The lowest BCUT2D eigenvalue weighted by Crippen LogP contribution is -2.32. The minimum atomic E-state index is -0.213. The number of hydrogen-bond donors (Lipinski definition) is 1. The molecule has 0 aromatic heterocycles. The number of hydrogen-bond acceptors (Lipinski definition) is 3. The van der Waals surface area contributed by atoms with Gasteiger partial charge in [0.15, 0.2) is 0 Å². The Bertz CT molecular complexity index is 497. The molecular weight excluding hydrogens is 312 g/mol. The van der Waals surface area contributed by atoms with Gasteiger partial charge in [-0.1, -0.05) is 15.9 Å². The van der Waals surface area contributed by atoms with E-state index in [4.69, 9.17) is 0 Å². The summed E-state index contributed by atoms with van der Waals surface area (Å²) < 4.78 is 0.929. The highest BCUT2D eigenvalue weighted by molar-refractivity contribution is 9.10. The van der Waals surface area contributed by atoms with Crippen molar-refractivity contribution in [1.82, 2.24) is 4.90 Å². The van der Waals surface area contributed by atoms with Gasteiger partial charge < -0.3 is 5.32 Å². The summed E-state index contributed by atoms with van der Waals surface area (Å²) in [5, 5.41) is 2.71. The molecule has 1 aromatic rings. The molecule has 1 aliphatic rings. The van der Waals surface area contributed by atoms with Crippen molar-refractivity contribution in [1.29, 1.82) is 0 Å². The van der Waals surface area contributed by atoms with Crippen molar-refractivity contribution in [3.63, 3.8) is 0 Å². The van der Waals surface area contributed by atoms with Crippen molar-refractivity contribution in [3.05, 3.63) is 28.7 Å². The van der Waals surface area contributed by atoms with Gasteiger partial charge in [-0.3, -0.25) is 19.3 Å². The number of nitrogens with one attached hydrogen (secondary N) is 1. The number of likely N-dealkylation sites (tertiary alicyclic amines) is 1. The molecule has 0 saturated carbocycles. The van der Waals surface area contributed by atoms with Crippen LogP contribution in [0.15, 0.2) is 28.7 Å². The topological polar surface area (TPSA) is 66.5 Å². The van der Waals surface area contributed by atoms with Crippen molar-refractivity contribution in [2.75, 3.05) is 11.9 Å². The molecule has 0 atom stereocenters. The maximum Gasteiger partial charge on any atom is 0.229 e. The third-order valence-corrected chi connectivity index (χ3v) is 3.37. The molecule has 1 fully saturated rings. The maximum atomic E-state index is 11.7. The average Bonchev–Trinajstić information content (AvgIpc) is 2.70. The number of nitrogens with zero attached hydrogens (tertiary/aromatic N) is 1. The zero-order valence-corrected chi connectivity index (χ0v) is 11.8. The third kappa shape index (κ3) is 3.64. The highest BCUT2D eigenvalue weighted by atomic mass is 79.9. The van der Waals surface area contributed by atoms with Crippen LogP contribution < -0.4 is 5.32 Å². The fourth-order valence-corrected chi connectivity index (χ4v) is 2.11. The van der Waals surface area contributed by atoms with E-state index >= 15 is 0 Å². The second-order valence-corrected chi connectivity index (χ2v) is 5.16. The van der Waals surface area contributed by atoms with Gasteiger partial charge in [0.25, 0.3) is 0 Å². The van der Waals surface area contributed by atoms with E-state index in [0.29, 0.717) is 5.69 Å². The SMILES string of the molecule is O=C(CCN1C(=O)CCC1=O)Nc1ccc(Br)cc1. The van der Waals surface area contributed by atoms with E-state index in [1.54, 1.807) is 12.1 Å². The molecule has 1 N–H and O–H groups in total. The zero-order chi connectivity index (χ0) is 13.8. The maximum absolute atomic E-state index is 11.7. The monoisotopic (exact) mass is 324 g/mol. The molecule has 3 amide bonds. The van der Waals surface area contributed by atoms with Crippen molar-refractivity contribution < 1.29 is 14.4 Å².